The summed E-state index contributed by atoms with van der Waals surface area (Å²) in [7, 11) is 5.15. The zero-order valence-electron chi connectivity index (χ0n) is 15.0. The minimum atomic E-state index is -0.332. The Morgan fingerprint density at radius 2 is 1.79 bits per heavy atom. The Balaban J connectivity index is 0.00000288. The Labute approximate surface area is 150 Å². The number of likely N-dealkylation sites (N-methyl/N-ethyl adjacent to an activating group) is 1. The molecule has 1 unspecified atom stereocenters. The van der Waals surface area contributed by atoms with Crippen LogP contribution in [-0.2, 0) is 4.79 Å². The van der Waals surface area contributed by atoms with Gasteiger partial charge in [0.15, 0.2) is 0 Å². The fraction of sp³-hybridized carbons (Fsp3) is 0.588. The molecule has 0 saturated carbocycles. The number of hydrogen-bond donors (Lipinski definition) is 1. The largest absolute Gasteiger partial charge is 0.497 e. The van der Waals surface area contributed by atoms with Gasteiger partial charge in [-0.2, -0.15) is 0 Å². The average molecular weight is 358 g/mol. The van der Waals surface area contributed by atoms with Crippen LogP contribution in [0, 0.1) is 0 Å². The molecule has 0 bridgehead atoms. The third-order valence-electron chi connectivity index (χ3n) is 4.01. The Morgan fingerprint density at radius 1 is 1.25 bits per heavy atom. The Hall–Kier alpha value is -1.50. The second-order valence-electron chi connectivity index (χ2n) is 6.77. The molecule has 1 aliphatic rings. The van der Waals surface area contributed by atoms with Gasteiger partial charge in [-0.3, -0.25) is 9.69 Å². The van der Waals surface area contributed by atoms with Crippen LogP contribution in [-0.4, -0.2) is 56.7 Å². The number of nitrogens with zero attached hydrogens (tertiary/aromatic N) is 2. The average Bonchev–Trinajstić information content (AvgIpc) is 2.86. The molecular weight excluding hydrogens is 330 g/mol. The summed E-state index contributed by atoms with van der Waals surface area (Å²) in [5.74, 6) is 1.44. The van der Waals surface area contributed by atoms with E-state index in [1.54, 1.807) is 25.2 Å². The summed E-state index contributed by atoms with van der Waals surface area (Å²) in [4.78, 5) is 16.6. The number of halogens is 1. The minimum Gasteiger partial charge on any atom is -0.497 e. The molecule has 1 aromatic rings. The number of nitrogens with two attached hydrogens (primary N) is 1. The lowest BCUT2D eigenvalue weighted by atomic mass is 10.1. The quantitative estimate of drug-likeness (QED) is 0.842. The molecule has 0 spiro atoms. The van der Waals surface area contributed by atoms with Crippen LogP contribution in [0.3, 0.4) is 0 Å². The number of ether oxygens (including phenoxy) is 2. The van der Waals surface area contributed by atoms with E-state index in [0.29, 0.717) is 24.6 Å². The van der Waals surface area contributed by atoms with Crippen LogP contribution in [0.2, 0.25) is 0 Å². The highest BCUT2D eigenvalue weighted by Gasteiger charge is 2.36. The van der Waals surface area contributed by atoms with Crippen molar-refractivity contribution in [1.29, 1.82) is 0 Å². The van der Waals surface area contributed by atoms with E-state index in [9.17, 15) is 4.79 Å². The van der Waals surface area contributed by atoms with E-state index in [2.05, 4.69) is 0 Å². The van der Waals surface area contributed by atoms with Gasteiger partial charge in [0, 0.05) is 36.8 Å². The van der Waals surface area contributed by atoms with E-state index in [1.165, 1.54) is 0 Å². The van der Waals surface area contributed by atoms with Gasteiger partial charge in [-0.1, -0.05) is 0 Å². The van der Waals surface area contributed by atoms with Gasteiger partial charge >= 0.3 is 0 Å². The molecule has 1 atom stereocenters. The van der Waals surface area contributed by atoms with Crippen LogP contribution < -0.4 is 20.1 Å². The van der Waals surface area contributed by atoms with Gasteiger partial charge in [0.1, 0.15) is 11.5 Å². The molecule has 0 aliphatic carbocycles. The van der Waals surface area contributed by atoms with Gasteiger partial charge in [-0.25, -0.2) is 0 Å². The number of methoxy groups -OCH3 is 2. The highest BCUT2D eigenvalue weighted by atomic mass is 35.5. The van der Waals surface area contributed by atoms with E-state index < -0.39 is 0 Å². The summed E-state index contributed by atoms with van der Waals surface area (Å²) in [5, 5.41) is 0. The van der Waals surface area contributed by atoms with E-state index in [1.807, 2.05) is 37.9 Å². The maximum Gasteiger partial charge on any atom is 0.244 e. The Bertz CT molecular complexity index is 552. The van der Waals surface area contributed by atoms with Crippen LogP contribution in [0.5, 0.6) is 11.5 Å². The summed E-state index contributed by atoms with van der Waals surface area (Å²) in [6.07, 6.45) is 0.783. The standard InChI is InChI=1S/C17H27N3O3.ClH/c1-17(2,18)11-19(3)15-6-7-20(16(15)21)12-8-13(22-4)10-14(9-12)23-5;/h8-10,15H,6-7,11,18H2,1-5H3;1H. The summed E-state index contributed by atoms with van der Waals surface area (Å²) in [5.41, 5.74) is 6.54. The van der Waals surface area contributed by atoms with Crippen LogP contribution >= 0.6 is 12.4 Å². The monoisotopic (exact) mass is 357 g/mol. The number of rotatable bonds is 6. The first-order chi connectivity index (χ1) is 10.7. The fourth-order valence-electron chi connectivity index (χ4n) is 3.03. The molecule has 1 amide bonds. The van der Waals surface area contributed by atoms with E-state index in [-0.39, 0.29) is 29.9 Å². The first kappa shape index (κ1) is 20.5. The first-order valence-electron chi connectivity index (χ1n) is 7.79. The summed E-state index contributed by atoms with van der Waals surface area (Å²) >= 11 is 0. The second-order valence-corrected chi connectivity index (χ2v) is 6.77. The van der Waals surface area contributed by atoms with Gasteiger partial charge in [0.05, 0.1) is 25.9 Å². The molecule has 6 nitrogen and oxygen atoms in total. The van der Waals surface area contributed by atoms with Crippen molar-refractivity contribution < 1.29 is 14.3 Å². The SMILES string of the molecule is COc1cc(OC)cc(N2CCC(N(C)CC(C)(C)N)C2=O)c1.Cl. The van der Waals surface area contributed by atoms with Gasteiger partial charge in [0.2, 0.25) is 5.91 Å². The molecule has 7 heteroatoms. The topological polar surface area (TPSA) is 68.0 Å². The molecule has 1 heterocycles. The molecule has 24 heavy (non-hydrogen) atoms. The number of carbonyl (C=O) groups excluding carboxylic acids is 1. The third-order valence-corrected chi connectivity index (χ3v) is 4.01. The molecule has 0 aromatic heterocycles. The first-order valence-corrected chi connectivity index (χ1v) is 7.79. The number of hydrogen-bond acceptors (Lipinski definition) is 5. The van der Waals surface area contributed by atoms with Gasteiger partial charge < -0.3 is 20.1 Å². The van der Waals surface area contributed by atoms with Crippen molar-refractivity contribution in [3.05, 3.63) is 18.2 Å². The summed E-state index contributed by atoms with van der Waals surface area (Å²) < 4.78 is 10.6. The number of benzene rings is 1. The van der Waals surface area contributed by atoms with Crippen molar-refractivity contribution in [3.63, 3.8) is 0 Å². The third kappa shape index (κ3) is 4.75. The summed E-state index contributed by atoms with van der Waals surface area (Å²) in [6, 6.07) is 5.37. The van der Waals surface area contributed by atoms with Crippen LogP contribution in [0.15, 0.2) is 18.2 Å². The predicted octanol–water partition coefficient (Wildman–Crippen LogP) is 1.90. The number of amides is 1. The predicted molar refractivity (Wildman–Crippen MR) is 98.4 cm³/mol. The maximum atomic E-state index is 12.8. The molecule has 1 aliphatic heterocycles. The van der Waals surface area contributed by atoms with Crippen molar-refractivity contribution in [2.75, 3.05) is 39.3 Å². The number of anilines is 1. The molecule has 1 fully saturated rings. The van der Waals surface area contributed by atoms with E-state index in [0.717, 1.165) is 12.1 Å². The Kier molecular flexibility index (Phi) is 6.89. The molecular formula is C17H28ClN3O3. The summed E-state index contributed by atoms with van der Waals surface area (Å²) in [6.45, 7) is 5.27. The highest BCUT2D eigenvalue weighted by molar-refractivity contribution is 5.99. The minimum absolute atomic E-state index is 0. The lowest BCUT2D eigenvalue weighted by Crippen LogP contribution is -2.49. The van der Waals surface area contributed by atoms with Crippen LogP contribution in [0.1, 0.15) is 20.3 Å². The molecule has 1 saturated heterocycles. The Morgan fingerprint density at radius 3 is 2.25 bits per heavy atom. The van der Waals surface area contributed by atoms with Crippen molar-refractivity contribution in [1.82, 2.24) is 4.90 Å². The van der Waals surface area contributed by atoms with Gasteiger partial charge in [-0.05, 0) is 27.3 Å². The van der Waals surface area contributed by atoms with Crippen molar-refractivity contribution >= 4 is 24.0 Å². The molecule has 2 N–H and O–H groups in total. The fourth-order valence-corrected chi connectivity index (χ4v) is 3.03. The molecule has 2 rings (SSSR count). The molecule has 0 radical (unpaired) electrons. The zero-order chi connectivity index (χ0) is 17.2. The highest BCUT2D eigenvalue weighted by Crippen LogP contribution is 2.31. The van der Waals surface area contributed by atoms with Crippen LogP contribution in [0.25, 0.3) is 0 Å². The molecule has 1 aromatic carbocycles. The van der Waals surface area contributed by atoms with Gasteiger partial charge in [-0.15, -0.1) is 12.4 Å². The van der Waals surface area contributed by atoms with E-state index >= 15 is 0 Å². The zero-order valence-corrected chi connectivity index (χ0v) is 15.9. The van der Waals surface area contributed by atoms with Crippen molar-refractivity contribution in [3.8, 4) is 11.5 Å². The lowest BCUT2D eigenvalue weighted by molar-refractivity contribution is -0.121. The second kappa shape index (κ2) is 8.05. The lowest BCUT2D eigenvalue weighted by Gasteiger charge is -2.30. The van der Waals surface area contributed by atoms with Crippen molar-refractivity contribution in [2.45, 2.75) is 31.8 Å². The molecule has 136 valence electrons. The van der Waals surface area contributed by atoms with Gasteiger partial charge in [0.25, 0.3) is 0 Å². The normalized spacial score (nSPS) is 17.9. The number of carbonyl (C=O) groups is 1. The van der Waals surface area contributed by atoms with Crippen LogP contribution in [0.4, 0.5) is 5.69 Å². The van der Waals surface area contributed by atoms with E-state index in [4.69, 9.17) is 15.2 Å². The smallest absolute Gasteiger partial charge is 0.244 e. The van der Waals surface area contributed by atoms with Crippen molar-refractivity contribution in [2.24, 2.45) is 5.73 Å². The maximum absolute atomic E-state index is 12.8.